The lowest BCUT2D eigenvalue weighted by molar-refractivity contribution is 0.0672. The molecule has 19 heavy (non-hydrogen) atoms. The van der Waals surface area contributed by atoms with Crippen molar-refractivity contribution in [2.45, 2.75) is 0 Å². The first-order valence-electron chi connectivity index (χ1n) is 4.91. The van der Waals surface area contributed by atoms with Crippen LogP contribution in [-0.4, -0.2) is 43.2 Å². The van der Waals surface area contributed by atoms with Gasteiger partial charge in [-0.05, 0) is 12.1 Å². The molecule has 0 aliphatic carbocycles. The van der Waals surface area contributed by atoms with Gasteiger partial charge in [0, 0.05) is 11.6 Å². The van der Waals surface area contributed by atoms with Gasteiger partial charge >= 0.3 is 17.9 Å². The van der Waals surface area contributed by atoms with Crippen molar-refractivity contribution in [2.75, 3.05) is 0 Å². The van der Waals surface area contributed by atoms with Crippen molar-refractivity contribution in [3.63, 3.8) is 0 Å². The first kappa shape index (κ1) is 12.4. The molecule has 96 valence electrons. The van der Waals surface area contributed by atoms with E-state index in [0.717, 1.165) is 12.3 Å². The molecule has 0 amide bonds. The predicted molar refractivity (Wildman–Crippen MR) is 60.4 cm³/mol. The number of carboxylic acid groups (broad SMARTS) is 3. The van der Waals surface area contributed by atoms with Gasteiger partial charge in [-0.2, -0.15) is 0 Å². The number of hydrogen-bond acceptors (Lipinski definition) is 5. The van der Waals surface area contributed by atoms with Crippen LogP contribution in [0.2, 0.25) is 0 Å². The fourth-order valence-corrected chi connectivity index (χ4v) is 1.54. The van der Waals surface area contributed by atoms with E-state index in [2.05, 4.69) is 9.97 Å². The Balaban J connectivity index is 2.83. The van der Waals surface area contributed by atoms with Crippen LogP contribution in [0.1, 0.15) is 31.3 Å². The summed E-state index contributed by atoms with van der Waals surface area (Å²) in [6.07, 6.45) is 1.07. The van der Waals surface area contributed by atoms with Gasteiger partial charge in [0.05, 0.1) is 16.6 Å². The van der Waals surface area contributed by atoms with Crippen LogP contribution in [0, 0.1) is 0 Å². The lowest BCUT2D eigenvalue weighted by atomic mass is 10.1. The molecule has 0 aliphatic heterocycles. The smallest absolute Gasteiger partial charge is 0.373 e. The topological polar surface area (TPSA) is 138 Å². The highest BCUT2D eigenvalue weighted by atomic mass is 16.4. The summed E-state index contributed by atoms with van der Waals surface area (Å²) in [4.78, 5) is 39.8. The zero-order valence-corrected chi connectivity index (χ0v) is 9.19. The number of benzene rings is 1. The third kappa shape index (κ3) is 2.18. The standard InChI is InChI=1S/C11H6N2O6/c14-9(15)4-1-5-3-12-8(11(18)19)13-7(5)6(2-4)10(16)17/h1-3H,(H,14,15)(H,16,17)(H,18,19). The fourth-order valence-electron chi connectivity index (χ4n) is 1.54. The predicted octanol–water partition coefficient (Wildman–Crippen LogP) is 0.724. The van der Waals surface area contributed by atoms with E-state index >= 15 is 0 Å². The Hall–Kier alpha value is -3.03. The van der Waals surface area contributed by atoms with Gasteiger partial charge in [0.15, 0.2) is 0 Å². The van der Waals surface area contributed by atoms with Gasteiger partial charge in [-0.3, -0.25) is 0 Å². The third-order valence-corrected chi connectivity index (χ3v) is 2.35. The average molecular weight is 262 g/mol. The minimum atomic E-state index is -1.40. The molecule has 2 aromatic rings. The molecular weight excluding hydrogens is 256 g/mol. The number of rotatable bonds is 3. The van der Waals surface area contributed by atoms with E-state index in [4.69, 9.17) is 15.3 Å². The van der Waals surface area contributed by atoms with Crippen molar-refractivity contribution >= 4 is 28.8 Å². The number of fused-ring (bicyclic) bond motifs is 1. The molecule has 1 aromatic carbocycles. The monoisotopic (exact) mass is 262 g/mol. The molecule has 1 heterocycles. The number of carbonyl (C=O) groups is 3. The Labute approximate surface area is 105 Å². The molecule has 8 heteroatoms. The second kappa shape index (κ2) is 4.33. The van der Waals surface area contributed by atoms with Crippen LogP contribution in [-0.2, 0) is 0 Å². The Bertz CT molecular complexity index is 724. The summed E-state index contributed by atoms with van der Waals surface area (Å²) in [5.41, 5.74) is -0.749. The van der Waals surface area contributed by atoms with Crippen LogP contribution in [0.5, 0.6) is 0 Å². The summed E-state index contributed by atoms with van der Waals surface area (Å²) in [5.74, 6) is -4.66. The molecule has 1 aromatic heterocycles. The van der Waals surface area contributed by atoms with Crippen LogP contribution in [0.4, 0.5) is 0 Å². The number of nitrogens with zero attached hydrogens (tertiary/aromatic N) is 2. The van der Waals surface area contributed by atoms with Crippen molar-refractivity contribution in [3.8, 4) is 0 Å². The molecule has 0 bridgehead atoms. The second-order valence-electron chi connectivity index (χ2n) is 3.57. The van der Waals surface area contributed by atoms with Gasteiger partial charge in [-0.1, -0.05) is 0 Å². The van der Waals surface area contributed by atoms with Crippen molar-refractivity contribution in [1.82, 2.24) is 9.97 Å². The van der Waals surface area contributed by atoms with Gasteiger partial charge in [0.25, 0.3) is 0 Å². The molecule has 0 unspecified atom stereocenters. The average Bonchev–Trinajstić information content (AvgIpc) is 2.36. The zero-order valence-electron chi connectivity index (χ0n) is 9.19. The first-order valence-corrected chi connectivity index (χ1v) is 4.91. The Morgan fingerprint density at radius 2 is 1.63 bits per heavy atom. The maximum atomic E-state index is 11.1. The molecule has 0 saturated heterocycles. The van der Waals surface area contributed by atoms with Gasteiger partial charge in [-0.15, -0.1) is 0 Å². The van der Waals surface area contributed by atoms with Crippen molar-refractivity contribution in [2.24, 2.45) is 0 Å². The lowest BCUT2D eigenvalue weighted by Gasteiger charge is -2.04. The molecule has 8 nitrogen and oxygen atoms in total. The third-order valence-electron chi connectivity index (χ3n) is 2.35. The van der Waals surface area contributed by atoms with Crippen LogP contribution in [0.3, 0.4) is 0 Å². The normalized spacial score (nSPS) is 10.3. The quantitative estimate of drug-likeness (QED) is 0.735. The van der Waals surface area contributed by atoms with Crippen LogP contribution in [0.15, 0.2) is 18.3 Å². The Morgan fingerprint density at radius 3 is 2.16 bits per heavy atom. The number of carboxylic acids is 3. The van der Waals surface area contributed by atoms with Gasteiger partial charge in [-0.25, -0.2) is 24.4 Å². The molecule has 0 aliphatic rings. The molecule has 2 rings (SSSR count). The minimum Gasteiger partial charge on any atom is -0.478 e. The minimum absolute atomic E-state index is 0.120. The molecule has 3 N–H and O–H groups in total. The van der Waals surface area contributed by atoms with E-state index in [1.807, 2.05) is 0 Å². The zero-order chi connectivity index (χ0) is 14.2. The molecule has 0 saturated carbocycles. The van der Waals surface area contributed by atoms with E-state index in [-0.39, 0.29) is 22.0 Å². The summed E-state index contributed by atoms with van der Waals surface area (Å²) in [5, 5.41) is 26.8. The van der Waals surface area contributed by atoms with Gasteiger partial charge < -0.3 is 15.3 Å². The highest BCUT2D eigenvalue weighted by Gasteiger charge is 2.17. The maximum Gasteiger partial charge on any atom is 0.373 e. The van der Waals surface area contributed by atoms with Gasteiger partial charge in [0.2, 0.25) is 5.82 Å². The fraction of sp³-hybridized carbons (Fsp3) is 0. The Morgan fingerprint density at radius 1 is 0.947 bits per heavy atom. The van der Waals surface area contributed by atoms with Crippen molar-refractivity contribution in [3.05, 3.63) is 35.3 Å². The van der Waals surface area contributed by atoms with Crippen molar-refractivity contribution in [1.29, 1.82) is 0 Å². The molecule has 0 radical (unpaired) electrons. The van der Waals surface area contributed by atoms with Crippen LogP contribution < -0.4 is 0 Å². The molecule has 0 spiro atoms. The molecule has 0 atom stereocenters. The van der Waals surface area contributed by atoms with E-state index in [1.165, 1.54) is 6.07 Å². The number of hydrogen-bond donors (Lipinski definition) is 3. The largest absolute Gasteiger partial charge is 0.478 e. The van der Waals surface area contributed by atoms with E-state index in [1.54, 1.807) is 0 Å². The summed E-state index contributed by atoms with van der Waals surface area (Å²) in [7, 11) is 0. The highest BCUT2D eigenvalue weighted by molar-refractivity contribution is 6.05. The number of aromatic nitrogens is 2. The first-order chi connectivity index (χ1) is 8.90. The summed E-state index contributed by atoms with van der Waals surface area (Å²) in [6, 6.07) is 2.10. The molecular formula is C11H6N2O6. The maximum absolute atomic E-state index is 11.1. The Kier molecular flexibility index (Phi) is 2.83. The van der Waals surface area contributed by atoms with E-state index < -0.39 is 23.7 Å². The second-order valence-corrected chi connectivity index (χ2v) is 3.57. The molecule has 0 fully saturated rings. The lowest BCUT2D eigenvalue weighted by Crippen LogP contribution is -2.08. The number of aromatic carboxylic acids is 3. The summed E-state index contributed by atoms with van der Waals surface area (Å²) >= 11 is 0. The summed E-state index contributed by atoms with van der Waals surface area (Å²) in [6.45, 7) is 0. The van der Waals surface area contributed by atoms with E-state index in [9.17, 15) is 14.4 Å². The van der Waals surface area contributed by atoms with Gasteiger partial charge in [0.1, 0.15) is 0 Å². The van der Waals surface area contributed by atoms with E-state index in [0.29, 0.717) is 0 Å². The van der Waals surface area contributed by atoms with Crippen LogP contribution in [0.25, 0.3) is 10.9 Å². The van der Waals surface area contributed by atoms with Crippen LogP contribution >= 0.6 is 0 Å². The highest BCUT2D eigenvalue weighted by Crippen LogP contribution is 2.19. The van der Waals surface area contributed by atoms with Crippen molar-refractivity contribution < 1.29 is 29.7 Å². The summed E-state index contributed by atoms with van der Waals surface area (Å²) < 4.78 is 0. The SMILES string of the molecule is O=C(O)c1cc(C(=O)O)c2nc(C(=O)O)ncc2c1.